The highest BCUT2D eigenvalue weighted by atomic mass is 16.2. The number of likely N-dealkylation sites (tertiary alicyclic amines) is 2. The molecule has 3 fully saturated rings. The van der Waals surface area contributed by atoms with Crippen LogP contribution in [-0.2, 0) is 9.59 Å². The molecule has 2 aliphatic heterocycles. The van der Waals surface area contributed by atoms with Crippen LogP contribution in [0.5, 0.6) is 0 Å². The van der Waals surface area contributed by atoms with Crippen molar-refractivity contribution in [3.63, 3.8) is 0 Å². The normalized spacial score (nSPS) is 21.3. The van der Waals surface area contributed by atoms with Crippen LogP contribution in [0.3, 0.4) is 0 Å². The average Bonchev–Trinajstić information content (AvgIpc) is 3.32. The maximum absolute atomic E-state index is 12.7. The van der Waals surface area contributed by atoms with Crippen molar-refractivity contribution in [1.29, 1.82) is 0 Å². The molecule has 4 heterocycles. The van der Waals surface area contributed by atoms with E-state index in [4.69, 9.17) is 9.97 Å². The van der Waals surface area contributed by atoms with Gasteiger partial charge < -0.3 is 19.8 Å². The Balaban J connectivity index is 1.12. The van der Waals surface area contributed by atoms with E-state index >= 15 is 0 Å². The standard InChI is InChI=1S/C30H30N6O2/c1-18(37)35-14-2-4-26(35)28-31-22-12-8-19(16-24(22)33-28)6-7-20-9-13-23-25(17-20)34-29(32-23)27-5-3-15-36(27)30(38)21-10-11-21/h8-9,12-13,16-17,21,26-27H,2-5,10-11,14-15H2,1H3,(H,31,33)(H,32,34)/t26-,27-/m0/s1. The van der Waals surface area contributed by atoms with Gasteiger partial charge in [-0.3, -0.25) is 9.59 Å². The van der Waals surface area contributed by atoms with E-state index in [1.807, 2.05) is 46.2 Å². The number of benzene rings is 2. The second-order valence-electron chi connectivity index (χ2n) is 10.8. The highest BCUT2D eigenvalue weighted by Gasteiger charge is 2.39. The van der Waals surface area contributed by atoms with Crippen molar-refractivity contribution < 1.29 is 9.59 Å². The molecule has 0 radical (unpaired) electrons. The van der Waals surface area contributed by atoms with Crippen LogP contribution in [0.25, 0.3) is 22.1 Å². The Morgan fingerprint density at radius 2 is 1.32 bits per heavy atom. The van der Waals surface area contributed by atoms with E-state index in [9.17, 15) is 9.59 Å². The summed E-state index contributed by atoms with van der Waals surface area (Å²) in [6.07, 6.45) is 5.96. The minimum absolute atomic E-state index is 0.0172. The molecule has 2 atom stereocenters. The minimum Gasteiger partial charge on any atom is -0.340 e. The fourth-order valence-electron chi connectivity index (χ4n) is 5.98. The highest BCUT2D eigenvalue weighted by Crippen LogP contribution is 2.38. The van der Waals surface area contributed by atoms with Crippen LogP contribution >= 0.6 is 0 Å². The Morgan fingerprint density at radius 3 is 1.84 bits per heavy atom. The molecule has 192 valence electrons. The number of rotatable bonds is 3. The van der Waals surface area contributed by atoms with Gasteiger partial charge in [-0.15, -0.1) is 0 Å². The van der Waals surface area contributed by atoms with E-state index in [-0.39, 0.29) is 23.9 Å². The zero-order chi connectivity index (χ0) is 25.8. The Labute approximate surface area is 220 Å². The number of hydrogen-bond donors (Lipinski definition) is 2. The van der Waals surface area contributed by atoms with Crippen molar-refractivity contribution in [3.8, 4) is 11.8 Å². The fraction of sp³-hybridized carbons (Fsp3) is 0.400. The first-order valence-corrected chi connectivity index (χ1v) is 13.6. The summed E-state index contributed by atoms with van der Waals surface area (Å²) in [6, 6.07) is 12.1. The number of carbonyl (C=O) groups excluding carboxylic acids is 2. The van der Waals surface area contributed by atoms with Gasteiger partial charge in [-0.25, -0.2) is 9.97 Å². The van der Waals surface area contributed by atoms with Gasteiger partial charge in [-0.2, -0.15) is 0 Å². The van der Waals surface area contributed by atoms with Crippen LogP contribution in [0.1, 0.15) is 80.3 Å². The van der Waals surface area contributed by atoms with E-state index < -0.39 is 0 Å². The lowest BCUT2D eigenvalue weighted by molar-refractivity contribution is -0.133. The van der Waals surface area contributed by atoms with Crippen LogP contribution in [0.2, 0.25) is 0 Å². The van der Waals surface area contributed by atoms with Gasteiger partial charge in [0.05, 0.1) is 34.2 Å². The minimum atomic E-state index is 0.0172. The van der Waals surface area contributed by atoms with Gasteiger partial charge in [0.15, 0.2) is 0 Å². The van der Waals surface area contributed by atoms with Crippen LogP contribution < -0.4 is 0 Å². The number of amides is 2. The summed E-state index contributed by atoms with van der Waals surface area (Å²) in [7, 11) is 0. The lowest BCUT2D eigenvalue weighted by Crippen LogP contribution is -2.32. The van der Waals surface area contributed by atoms with Crippen molar-refractivity contribution in [2.45, 2.75) is 57.5 Å². The summed E-state index contributed by atoms with van der Waals surface area (Å²) in [5.74, 6) is 8.89. The number of carbonyl (C=O) groups is 2. The zero-order valence-electron chi connectivity index (χ0n) is 21.5. The number of imidazole rings is 2. The maximum Gasteiger partial charge on any atom is 0.226 e. The molecule has 0 unspecified atom stereocenters. The Bertz CT molecular complexity index is 1630. The molecule has 4 aromatic rings. The second-order valence-corrected chi connectivity index (χ2v) is 10.8. The zero-order valence-corrected chi connectivity index (χ0v) is 21.5. The van der Waals surface area contributed by atoms with Crippen molar-refractivity contribution in [1.82, 2.24) is 29.7 Å². The number of H-pyrrole nitrogens is 2. The fourth-order valence-corrected chi connectivity index (χ4v) is 5.98. The number of nitrogens with zero attached hydrogens (tertiary/aromatic N) is 4. The van der Waals surface area contributed by atoms with Gasteiger partial charge in [-0.1, -0.05) is 11.8 Å². The third-order valence-electron chi connectivity index (χ3n) is 8.10. The molecule has 2 amide bonds. The first-order chi connectivity index (χ1) is 18.5. The van der Waals surface area contributed by atoms with Gasteiger partial charge in [0.2, 0.25) is 11.8 Å². The molecule has 0 spiro atoms. The lowest BCUT2D eigenvalue weighted by Gasteiger charge is -2.23. The topological polar surface area (TPSA) is 98.0 Å². The smallest absolute Gasteiger partial charge is 0.226 e. The summed E-state index contributed by atoms with van der Waals surface area (Å²) in [5, 5.41) is 0. The predicted octanol–water partition coefficient (Wildman–Crippen LogP) is 4.60. The number of fused-ring (bicyclic) bond motifs is 2. The van der Waals surface area contributed by atoms with E-state index in [2.05, 4.69) is 21.8 Å². The van der Waals surface area contributed by atoms with Gasteiger partial charge in [0.1, 0.15) is 11.6 Å². The van der Waals surface area contributed by atoms with Crippen molar-refractivity contribution >= 4 is 33.9 Å². The van der Waals surface area contributed by atoms with Crippen molar-refractivity contribution in [2.75, 3.05) is 13.1 Å². The Hall–Kier alpha value is -4.12. The third kappa shape index (κ3) is 4.12. The van der Waals surface area contributed by atoms with E-state index in [1.165, 1.54) is 0 Å². The second kappa shape index (κ2) is 9.02. The lowest BCUT2D eigenvalue weighted by atomic mass is 10.1. The number of nitrogens with one attached hydrogen (secondary N) is 2. The predicted molar refractivity (Wildman–Crippen MR) is 144 cm³/mol. The van der Waals surface area contributed by atoms with Gasteiger partial charge in [0, 0.05) is 37.1 Å². The van der Waals surface area contributed by atoms with Crippen LogP contribution in [0.15, 0.2) is 36.4 Å². The quantitative estimate of drug-likeness (QED) is 0.397. The molecule has 38 heavy (non-hydrogen) atoms. The number of aromatic nitrogens is 4. The highest BCUT2D eigenvalue weighted by molar-refractivity contribution is 5.82. The molecule has 7 rings (SSSR count). The molecule has 0 bridgehead atoms. The molecule has 1 saturated carbocycles. The third-order valence-corrected chi connectivity index (χ3v) is 8.10. The van der Waals surface area contributed by atoms with Crippen molar-refractivity contribution in [2.24, 2.45) is 5.92 Å². The average molecular weight is 507 g/mol. The monoisotopic (exact) mass is 506 g/mol. The molecule has 3 aliphatic rings. The summed E-state index contributed by atoms with van der Waals surface area (Å²) >= 11 is 0. The van der Waals surface area contributed by atoms with Gasteiger partial charge in [0.25, 0.3) is 0 Å². The van der Waals surface area contributed by atoms with Crippen LogP contribution in [-0.4, -0.2) is 54.6 Å². The molecule has 8 nitrogen and oxygen atoms in total. The summed E-state index contributed by atoms with van der Waals surface area (Å²) in [5.41, 5.74) is 5.45. The first kappa shape index (κ1) is 23.0. The van der Waals surface area contributed by atoms with Gasteiger partial charge in [-0.05, 0) is 74.9 Å². The molecule has 2 aromatic carbocycles. The number of hydrogen-bond acceptors (Lipinski definition) is 4. The SMILES string of the molecule is CC(=O)N1CCC[C@H]1c1nc2ccc(C#Cc3ccc4nc([C@@H]5CCCN5C(=O)C5CC5)[nH]c4c3)cc2[nH]1. The van der Waals surface area contributed by atoms with Crippen LogP contribution in [0.4, 0.5) is 0 Å². The molecule has 8 heteroatoms. The van der Waals surface area contributed by atoms with E-state index in [1.54, 1.807) is 6.92 Å². The number of aromatic amines is 2. The first-order valence-electron chi connectivity index (χ1n) is 13.6. The van der Waals surface area contributed by atoms with Crippen LogP contribution in [0, 0.1) is 17.8 Å². The van der Waals surface area contributed by atoms with Gasteiger partial charge >= 0.3 is 0 Å². The Morgan fingerprint density at radius 1 is 0.789 bits per heavy atom. The van der Waals surface area contributed by atoms with E-state index in [0.717, 1.165) is 96.5 Å². The summed E-state index contributed by atoms with van der Waals surface area (Å²) in [4.78, 5) is 45.1. The van der Waals surface area contributed by atoms with E-state index in [0.29, 0.717) is 5.91 Å². The summed E-state index contributed by atoms with van der Waals surface area (Å²) < 4.78 is 0. The molecular weight excluding hydrogens is 476 g/mol. The molecule has 2 N–H and O–H groups in total. The molecule has 2 saturated heterocycles. The largest absolute Gasteiger partial charge is 0.340 e. The molecular formula is C30H30N6O2. The van der Waals surface area contributed by atoms with Crippen molar-refractivity contribution in [3.05, 3.63) is 59.2 Å². The maximum atomic E-state index is 12.7. The molecule has 2 aromatic heterocycles. The molecule has 1 aliphatic carbocycles. The Kier molecular flexibility index (Phi) is 5.46. The summed E-state index contributed by atoms with van der Waals surface area (Å²) in [6.45, 7) is 3.23.